The number of hydrogen-bond acceptors (Lipinski definition) is 6. The SMILES string of the molecule is Cc1nc2ccccc2nc1N1CCN(C(=O)c2cnn(-c3ccccn3)c2C)CC1. The molecular formula is C23H23N7O. The van der Waals surface area contributed by atoms with Gasteiger partial charge in [0, 0.05) is 32.4 Å². The minimum Gasteiger partial charge on any atom is -0.352 e. The van der Waals surface area contributed by atoms with Gasteiger partial charge in [-0.3, -0.25) is 4.79 Å². The van der Waals surface area contributed by atoms with E-state index in [1.807, 2.05) is 61.2 Å². The van der Waals surface area contributed by atoms with Gasteiger partial charge >= 0.3 is 0 Å². The van der Waals surface area contributed by atoms with Crippen molar-refractivity contribution in [1.82, 2.24) is 29.6 Å². The number of carbonyl (C=O) groups is 1. The molecule has 1 fully saturated rings. The largest absolute Gasteiger partial charge is 0.352 e. The first-order valence-corrected chi connectivity index (χ1v) is 10.4. The third kappa shape index (κ3) is 3.50. The van der Waals surface area contributed by atoms with Crippen LogP contribution < -0.4 is 4.90 Å². The molecular weight excluding hydrogens is 390 g/mol. The summed E-state index contributed by atoms with van der Waals surface area (Å²) in [5, 5.41) is 4.38. The molecule has 1 aromatic carbocycles. The first-order valence-electron chi connectivity index (χ1n) is 10.4. The van der Waals surface area contributed by atoms with E-state index in [2.05, 4.69) is 15.0 Å². The minimum atomic E-state index is 0.000601. The zero-order chi connectivity index (χ0) is 21.4. The van der Waals surface area contributed by atoms with Gasteiger partial charge in [0.05, 0.1) is 34.2 Å². The summed E-state index contributed by atoms with van der Waals surface area (Å²) in [7, 11) is 0. The van der Waals surface area contributed by atoms with Crippen molar-refractivity contribution < 1.29 is 4.79 Å². The van der Waals surface area contributed by atoms with E-state index in [0.29, 0.717) is 37.6 Å². The number of piperazine rings is 1. The van der Waals surface area contributed by atoms with E-state index >= 15 is 0 Å². The average Bonchev–Trinajstić information content (AvgIpc) is 3.20. The highest BCUT2D eigenvalue weighted by atomic mass is 16.2. The fraction of sp³-hybridized carbons (Fsp3) is 0.261. The lowest BCUT2D eigenvalue weighted by Crippen LogP contribution is -2.49. The van der Waals surface area contributed by atoms with Crippen LogP contribution in [0.5, 0.6) is 0 Å². The molecule has 1 saturated heterocycles. The number of amides is 1. The summed E-state index contributed by atoms with van der Waals surface area (Å²) in [6, 6.07) is 13.5. The van der Waals surface area contributed by atoms with E-state index < -0.39 is 0 Å². The van der Waals surface area contributed by atoms with E-state index in [1.54, 1.807) is 17.1 Å². The quantitative estimate of drug-likeness (QED) is 0.514. The van der Waals surface area contributed by atoms with Crippen LogP contribution in [0, 0.1) is 13.8 Å². The topological polar surface area (TPSA) is 80.0 Å². The van der Waals surface area contributed by atoms with Crippen LogP contribution in [0.4, 0.5) is 5.82 Å². The summed E-state index contributed by atoms with van der Waals surface area (Å²) >= 11 is 0. The summed E-state index contributed by atoms with van der Waals surface area (Å²) in [5.41, 5.74) is 4.10. The van der Waals surface area contributed by atoms with Gasteiger partial charge in [-0.05, 0) is 38.1 Å². The lowest BCUT2D eigenvalue weighted by molar-refractivity contribution is 0.0745. The Morgan fingerprint density at radius 1 is 0.903 bits per heavy atom. The van der Waals surface area contributed by atoms with Gasteiger partial charge in [0.1, 0.15) is 0 Å². The molecule has 0 aliphatic carbocycles. The zero-order valence-corrected chi connectivity index (χ0v) is 17.6. The molecule has 8 heteroatoms. The van der Waals surface area contributed by atoms with Gasteiger partial charge in [-0.1, -0.05) is 18.2 Å². The van der Waals surface area contributed by atoms with Gasteiger partial charge in [0.15, 0.2) is 11.6 Å². The van der Waals surface area contributed by atoms with Gasteiger partial charge in [0.2, 0.25) is 0 Å². The molecule has 4 aromatic rings. The van der Waals surface area contributed by atoms with Crippen molar-refractivity contribution in [2.24, 2.45) is 0 Å². The van der Waals surface area contributed by atoms with Crippen molar-refractivity contribution in [3.63, 3.8) is 0 Å². The second-order valence-corrected chi connectivity index (χ2v) is 7.64. The third-order valence-corrected chi connectivity index (χ3v) is 5.69. The smallest absolute Gasteiger partial charge is 0.257 e. The summed E-state index contributed by atoms with van der Waals surface area (Å²) in [5.74, 6) is 1.60. The van der Waals surface area contributed by atoms with Crippen LogP contribution in [-0.4, -0.2) is 61.7 Å². The van der Waals surface area contributed by atoms with Gasteiger partial charge in [-0.2, -0.15) is 5.10 Å². The maximum absolute atomic E-state index is 13.2. The molecule has 0 unspecified atom stereocenters. The second-order valence-electron chi connectivity index (χ2n) is 7.64. The number of aromatic nitrogens is 5. The number of carbonyl (C=O) groups excluding carboxylic acids is 1. The lowest BCUT2D eigenvalue weighted by atomic mass is 10.2. The monoisotopic (exact) mass is 413 g/mol. The fourth-order valence-corrected chi connectivity index (χ4v) is 4.00. The molecule has 1 aliphatic rings. The van der Waals surface area contributed by atoms with Crippen molar-refractivity contribution in [3.8, 4) is 5.82 Å². The van der Waals surface area contributed by atoms with Gasteiger partial charge in [-0.15, -0.1) is 0 Å². The second kappa shape index (κ2) is 7.79. The highest BCUT2D eigenvalue weighted by Crippen LogP contribution is 2.22. The average molecular weight is 413 g/mol. The molecule has 4 heterocycles. The van der Waals surface area contributed by atoms with E-state index in [9.17, 15) is 4.79 Å². The van der Waals surface area contributed by atoms with Crippen molar-refractivity contribution >= 4 is 22.8 Å². The maximum Gasteiger partial charge on any atom is 0.257 e. The predicted octanol–water partition coefficient (Wildman–Crippen LogP) is 2.79. The Bertz CT molecular complexity index is 1240. The molecule has 0 radical (unpaired) electrons. The third-order valence-electron chi connectivity index (χ3n) is 5.69. The highest BCUT2D eigenvalue weighted by Gasteiger charge is 2.26. The van der Waals surface area contributed by atoms with Crippen molar-refractivity contribution in [1.29, 1.82) is 0 Å². The number of para-hydroxylation sites is 2. The summed E-state index contributed by atoms with van der Waals surface area (Å²) in [6.45, 7) is 6.57. The Labute approximate surface area is 180 Å². The molecule has 0 atom stereocenters. The normalized spacial score (nSPS) is 14.3. The van der Waals surface area contributed by atoms with Crippen LogP contribution in [-0.2, 0) is 0 Å². The number of hydrogen-bond donors (Lipinski definition) is 0. The molecule has 0 saturated carbocycles. The Hall–Kier alpha value is -3.81. The molecule has 5 rings (SSSR count). The fourth-order valence-electron chi connectivity index (χ4n) is 4.00. The van der Waals surface area contributed by atoms with E-state index in [1.165, 1.54) is 0 Å². The van der Waals surface area contributed by atoms with E-state index in [4.69, 9.17) is 9.97 Å². The zero-order valence-electron chi connectivity index (χ0n) is 17.6. The van der Waals surface area contributed by atoms with Crippen LogP contribution in [0.15, 0.2) is 54.9 Å². The van der Waals surface area contributed by atoms with Crippen LogP contribution in [0.25, 0.3) is 16.9 Å². The van der Waals surface area contributed by atoms with Crippen LogP contribution in [0.2, 0.25) is 0 Å². The Kier molecular flexibility index (Phi) is 4.82. The van der Waals surface area contributed by atoms with E-state index in [0.717, 1.165) is 28.2 Å². The number of aryl methyl sites for hydroxylation is 1. The molecule has 1 amide bonds. The van der Waals surface area contributed by atoms with Gasteiger partial charge < -0.3 is 9.80 Å². The number of nitrogens with zero attached hydrogens (tertiary/aromatic N) is 7. The molecule has 0 bridgehead atoms. The van der Waals surface area contributed by atoms with Crippen molar-refractivity contribution in [3.05, 3.63) is 71.8 Å². The number of rotatable bonds is 3. The lowest BCUT2D eigenvalue weighted by Gasteiger charge is -2.35. The van der Waals surface area contributed by atoms with Crippen LogP contribution in [0.3, 0.4) is 0 Å². The number of benzene rings is 1. The number of anilines is 1. The molecule has 156 valence electrons. The van der Waals surface area contributed by atoms with Gasteiger partial charge in [-0.25, -0.2) is 19.6 Å². The Morgan fingerprint density at radius 2 is 1.61 bits per heavy atom. The first-order chi connectivity index (χ1) is 15.1. The molecule has 1 aliphatic heterocycles. The standard InChI is InChI=1S/C23H23N7O/c1-16-22(27-20-8-4-3-7-19(20)26-16)28-11-13-29(14-12-28)23(31)18-15-25-30(17(18)2)21-9-5-6-10-24-21/h3-10,15H,11-14H2,1-2H3. The van der Waals surface area contributed by atoms with Crippen molar-refractivity contribution in [2.45, 2.75) is 13.8 Å². The Balaban J connectivity index is 1.32. The molecule has 0 spiro atoms. The first kappa shape index (κ1) is 19.2. The summed E-state index contributed by atoms with van der Waals surface area (Å²) < 4.78 is 1.71. The Morgan fingerprint density at radius 3 is 2.32 bits per heavy atom. The highest BCUT2D eigenvalue weighted by molar-refractivity contribution is 5.95. The van der Waals surface area contributed by atoms with Crippen molar-refractivity contribution in [2.75, 3.05) is 31.1 Å². The molecule has 8 nitrogen and oxygen atoms in total. The maximum atomic E-state index is 13.2. The van der Waals surface area contributed by atoms with E-state index in [-0.39, 0.29) is 5.91 Å². The van der Waals surface area contributed by atoms with Crippen LogP contribution >= 0.6 is 0 Å². The molecule has 3 aromatic heterocycles. The molecule has 0 N–H and O–H groups in total. The minimum absolute atomic E-state index is 0.000601. The van der Waals surface area contributed by atoms with Gasteiger partial charge in [0.25, 0.3) is 5.91 Å². The summed E-state index contributed by atoms with van der Waals surface area (Å²) in [6.07, 6.45) is 3.35. The number of pyridine rings is 1. The molecule has 31 heavy (non-hydrogen) atoms. The van der Waals surface area contributed by atoms with Crippen LogP contribution in [0.1, 0.15) is 21.7 Å². The summed E-state index contributed by atoms with van der Waals surface area (Å²) in [4.78, 5) is 31.1. The predicted molar refractivity (Wildman–Crippen MR) is 118 cm³/mol. The number of fused-ring (bicyclic) bond motifs is 1.